The van der Waals surface area contributed by atoms with Crippen molar-refractivity contribution in [3.63, 3.8) is 0 Å². The van der Waals surface area contributed by atoms with Crippen LogP contribution in [0.2, 0.25) is 0 Å². The lowest BCUT2D eigenvalue weighted by molar-refractivity contribution is 0.306. The second kappa shape index (κ2) is 7.56. The molecule has 0 amide bonds. The van der Waals surface area contributed by atoms with Gasteiger partial charge in [-0.3, -0.25) is 4.98 Å². The van der Waals surface area contributed by atoms with Crippen molar-refractivity contribution in [3.05, 3.63) is 66.6 Å². The van der Waals surface area contributed by atoms with Crippen LogP contribution in [0.5, 0.6) is 5.75 Å². The molecule has 0 aliphatic heterocycles. The molecule has 0 spiro atoms. The number of para-hydroxylation sites is 3. The van der Waals surface area contributed by atoms with Crippen molar-refractivity contribution in [1.29, 1.82) is 0 Å². The zero-order chi connectivity index (χ0) is 17.8. The predicted octanol–water partition coefficient (Wildman–Crippen LogP) is 5.01. The SMILES string of the molecule is CCc1nc2ccccc2n1CCCCOc1ccnc2ccccc12. The van der Waals surface area contributed by atoms with Crippen LogP contribution in [0.25, 0.3) is 21.9 Å². The number of imidazole rings is 1. The van der Waals surface area contributed by atoms with Gasteiger partial charge in [-0.2, -0.15) is 0 Å². The first-order chi connectivity index (χ1) is 12.9. The molecule has 4 aromatic rings. The number of aryl methyl sites for hydroxylation is 2. The van der Waals surface area contributed by atoms with Crippen molar-refractivity contribution in [2.45, 2.75) is 32.7 Å². The van der Waals surface area contributed by atoms with Crippen LogP contribution in [0.1, 0.15) is 25.6 Å². The summed E-state index contributed by atoms with van der Waals surface area (Å²) < 4.78 is 8.36. The van der Waals surface area contributed by atoms with E-state index in [-0.39, 0.29) is 0 Å². The molecule has 0 N–H and O–H groups in total. The largest absolute Gasteiger partial charge is 0.493 e. The monoisotopic (exact) mass is 345 g/mol. The van der Waals surface area contributed by atoms with Gasteiger partial charge in [0.1, 0.15) is 11.6 Å². The van der Waals surface area contributed by atoms with E-state index in [9.17, 15) is 0 Å². The first-order valence-corrected chi connectivity index (χ1v) is 9.27. The zero-order valence-corrected chi connectivity index (χ0v) is 15.1. The molecule has 4 rings (SSSR count). The van der Waals surface area contributed by atoms with E-state index < -0.39 is 0 Å². The Morgan fingerprint density at radius 3 is 2.62 bits per heavy atom. The van der Waals surface area contributed by atoms with Gasteiger partial charge in [0.15, 0.2) is 0 Å². The summed E-state index contributed by atoms with van der Waals surface area (Å²) >= 11 is 0. The quantitative estimate of drug-likeness (QED) is 0.442. The summed E-state index contributed by atoms with van der Waals surface area (Å²) in [4.78, 5) is 9.11. The van der Waals surface area contributed by atoms with Gasteiger partial charge < -0.3 is 9.30 Å². The number of ether oxygens (including phenoxy) is 1. The molecule has 2 aromatic carbocycles. The van der Waals surface area contributed by atoms with Gasteiger partial charge in [-0.15, -0.1) is 0 Å². The number of benzene rings is 2. The van der Waals surface area contributed by atoms with Crippen LogP contribution in [0.4, 0.5) is 0 Å². The molecule has 0 radical (unpaired) electrons. The Kier molecular flexibility index (Phi) is 4.82. The first-order valence-electron chi connectivity index (χ1n) is 9.27. The number of hydrogen-bond donors (Lipinski definition) is 0. The minimum Gasteiger partial charge on any atom is -0.493 e. The molecule has 0 atom stereocenters. The number of pyridine rings is 1. The number of hydrogen-bond acceptors (Lipinski definition) is 3. The van der Waals surface area contributed by atoms with E-state index in [1.54, 1.807) is 0 Å². The third-order valence-electron chi connectivity index (χ3n) is 4.69. The van der Waals surface area contributed by atoms with E-state index in [2.05, 4.69) is 40.7 Å². The van der Waals surface area contributed by atoms with Gasteiger partial charge >= 0.3 is 0 Å². The average molecular weight is 345 g/mol. The van der Waals surface area contributed by atoms with Gasteiger partial charge in [0, 0.05) is 24.5 Å². The van der Waals surface area contributed by atoms with Gasteiger partial charge in [0.05, 0.1) is 23.2 Å². The maximum Gasteiger partial charge on any atom is 0.130 e. The van der Waals surface area contributed by atoms with Crippen molar-refractivity contribution in [1.82, 2.24) is 14.5 Å². The summed E-state index contributed by atoms with van der Waals surface area (Å²) in [6.07, 6.45) is 4.83. The lowest BCUT2D eigenvalue weighted by atomic mass is 10.2. The van der Waals surface area contributed by atoms with E-state index in [0.717, 1.165) is 53.8 Å². The van der Waals surface area contributed by atoms with Gasteiger partial charge in [0.2, 0.25) is 0 Å². The molecule has 0 unspecified atom stereocenters. The smallest absolute Gasteiger partial charge is 0.130 e. The van der Waals surface area contributed by atoms with Crippen LogP contribution in [0.15, 0.2) is 60.8 Å². The van der Waals surface area contributed by atoms with Crippen LogP contribution >= 0.6 is 0 Å². The van der Waals surface area contributed by atoms with Gasteiger partial charge in [-0.25, -0.2) is 4.98 Å². The van der Waals surface area contributed by atoms with Crippen LogP contribution in [-0.4, -0.2) is 21.1 Å². The van der Waals surface area contributed by atoms with Gasteiger partial charge in [0.25, 0.3) is 0 Å². The summed E-state index contributed by atoms with van der Waals surface area (Å²) in [6.45, 7) is 3.85. The van der Waals surface area contributed by atoms with Gasteiger partial charge in [-0.1, -0.05) is 31.2 Å². The van der Waals surface area contributed by atoms with Crippen molar-refractivity contribution < 1.29 is 4.74 Å². The van der Waals surface area contributed by atoms with Crippen LogP contribution in [0, 0.1) is 0 Å². The van der Waals surface area contributed by atoms with E-state index >= 15 is 0 Å². The Bertz CT molecular complexity index is 1020. The molecule has 26 heavy (non-hydrogen) atoms. The second-order valence-corrected chi connectivity index (χ2v) is 6.40. The molecule has 2 aromatic heterocycles. The van der Waals surface area contributed by atoms with Crippen molar-refractivity contribution in [3.8, 4) is 5.75 Å². The summed E-state index contributed by atoms with van der Waals surface area (Å²) in [5.41, 5.74) is 3.29. The fourth-order valence-corrected chi connectivity index (χ4v) is 3.39. The fourth-order valence-electron chi connectivity index (χ4n) is 3.39. The second-order valence-electron chi connectivity index (χ2n) is 6.40. The normalized spacial score (nSPS) is 11.3. The minimum atomic E-state index is 0.710. The highest BCUT2D eigenvalue weighted by atomic mass is 16.5. The number of unbranched alkanes of at least 4 members (excludes halogenated alkanes) is 1. The lowest BCUT2D eigenvalue weighted by Crippen LogP contribution is -2.05. The molecular formula is C22H23N3O. The Balaban J connectivity index is 1.37. The molecule has 0 bridgehead atoms. The third-order valence-corrected chi connectivity index (χ3v) is 4.69. The molecule has 4 heteroatoms. The van der Waals surface area contributed by atoms with Crippen molar-refractivity contribution in [2.75, 3.05) is 6.61 Å². The Morgan fingerprint density at radius 2 is 1.73 bits per heavy atom. The highest BCUT2D eigenvalue weighted by molar-refractivity contribution is 5.84. The standard InChI is InChI=1S/C22H23N3O/c1-2-22-24-19-11-5-6-12-20(19)25(22)15-7-8-16-26-21-13-14-23-18-10-4-3-9-17(18)21/h3-6,9-14H,2,7-8,15-16H2,1H3. The summed E-state index contributed by atoms with van der Waals surface area (Å²) in [7, 11) is 0. The molecule has 132 valence electrons. The van der Waals surface area contributed by atoms with Crippen LogP contribution in [0.3, 0.4) is 0 Å². The Labute approximate surface area is 153 Å². The third kappa shape index (κ3) is 3.27. The minimum absolute atomic E-state index is 0.710. The first kappa shape index (κ1) is 16.6. The molecule has 0 saturated heterocycles. The number of aromatic nitrogens is 3. The molecule has 4 nitrogen and oxygen atoms in total. The van der Waals surface area contributed by atoms with E-state index in [0.29, 0.717) is 6.61 Å². The average Bonchev–Trinajstić information content (AvgIpc) is 3.05. The van der Waals surface area contributed by atoms with E-state index in [4.69, 9.17) is 9.72 Å². The maximum atomic E-state index is 6.02. The van der Waals surface area contributed by atoms with Gasteiger partial charge in [-0.05, 0) is 43.2 Å². The predicted molar refractivity (Wildman–Crippen MR) is 106 cm³/mol. The molecule has 0 saturated carbocycles. The number of fused-ring (bicyclic) bond motifs is 2. The Morgan fingerprint density at radius 1 is 0.923 bits per heavy atom. The molecule has 2 heterocycles. The molecule has 0 aliphatic rings. The lowest BCUT2D eigenvalue weighted by Gasteiger charge is -2.10. The molecule has 0 aliphatic carbocycles. The van der Waals surface area contributed by atoms with E-state index in [1.165, 1.54) is 5.52 Å². The summed E-state index contributed by atoms with van der Waals surface area (Å²) in [6, 6.07) is 18.4. The topological polar surface area (TPSA) is 39.9 Å². The number of rotatable bonds is 7. The number of nitrogens with zero attached hydrogens (tertiary/aromatic N) is 3. The Hall–Kier alpha value is -2.88. The van der Waals surface area contributed by atoms with Crippen LogP contribution in [-0.2, 0) is 13.0 Å². The van der Waals surface area contributed by atoms with Crippen molar-refractivity contribution in [2.24, 2.45) is 0 Å². The van der Waals surface area contributed by atoms with Crippen LogP contribution < -0.4 is 4.74 Å². The highest BCUT2D eigenvalue weighted by Gasteiger charge is 2.08. The summed E-state index contributed by atoms with van der Waals surface area (Å²) in [5, 5.41) is 1.07. The van der Waals surface area contributed by atoms with Crippen molar-refractivity contribution >= 4 is 21.9 Å². The highest BCUT2D eigenvalue weighted by Crippen LogP contribution is 2.23. The molecular weight excluding hydrogens is 322 g/mol. The fraction of sp³-hybridized carbons (Fsp3) is 0.273. The molecule has 0 fully saturated rings. The summed E-state index contributed by atoms with van der Waals surface area (Å²) in [5.74, 6) is 2.07. The zero-order valence-electron chi connectivity index (χ0n) is 15.1. The van der Waals surface area contributed by atoms with E-state index in [1.807, 2.05) is 36.5 Å². The maximum absolute atomic E-state index is 6.02.